The lowest BCUT2D eigenvalue weighted by Gasteiger charge is -2.17. The van der Waals surface area contributed by atoms with E-state index in [1.54, 1.807) is 0 Å². The van der Waals surface area contributed by atoms with Gasteiger partial charge in [-0.25, -0.2) is 9.18 Å². The van der Waals surface area contributed by atoms with E-state index in [0.29, 0.717) is 12.2 Å². The fraction of sp³-hybridized carbons (Fsp3) is 0.385. The van der Waals surface area contributed by atoms with Crippen LogP contribution in [-0.4, -0.2) is 32.1 Å². The molecule has 2 rings (SSSR count). The van der Waals surface area contributed by atoms with E-state index in [9.17, 15) is 14.0 Å². The van der Waals surface area contributed by atoms with Gasteiger partial charge >= 0.3 is 5.97 Å². The third-order valence-electron chi connectivity index (χ3n) is 3.28. The number of rotatable bonds is 4. The van der Waals surface area contributed by atoms with Gasteiger partial charge in [0.1, 0.15) is 5.82 Å². The number of hydrogen-bond acceptors (Lipinski definition) is 4. The lowest BCUT2D eigenvalue weighted by Crippen LogP contribution is -2.25. The molecule has 0 aromatic heterocycles. The summed E-state index contributed by atoms with van der Waals surface area (Å²) in [5, 5.41) is 3.45. The minimum Gasteiger partial charge on any atom is -0.465 e. The average molecular weight is 292 g/mol. The molecule has 0 bridgehead atoms. The summed E-state index contributed by atoms with van der Waals surface area (Å²) < 4.78 is 18.3. The first-order chi connectivity index (χ1) is 10.1. The molecule has 7 nitrogen and oxygen atoms in total. The molecule has 1 aromatic carbocycles. The maximum atomic E-state index is 13.9. The lowest BCUT2D eigenvalue weighted by molar-refractivity contribution is -0.117. The summed E-state index contributed by atoms with van der Waals surface area (Å²) in [7, 11) is 1.17. The van der Waals surface area contributed by atoms with Gasteiger partial charge in [-0.3, -0.25) is 4.79 Å². The first-order valence-electron chi connectivity index (χ1n) is 6.26. The van der Waals surface area contributed by atoms with Crippen LogP contribution in [0.15, 0.2) is 23.3 Å². The van der Waals surface area contributed by atoms with E-state index in [2.05, 4.69) is 14.8 Å². The van der Waals surface area contributed by atoms with E-state index in [4.69, 9.17) is 5.53 Å². The highest BCUT2D eigenvalue weighted by Crippen LogP contribution is 2.27. The predicted octanol–water partition coefficient (Wildman–Crippen LogP) is 2.28. The lowest BCUT2D eigenvalue weighted by atomic mass is 10.1. The van der Waals surface area contributed by atoms with E-state index in [0.717, 1.165) is 6.07 Å². The Labute approximate surface area is 119 Å². The van der Waals surface area contributed by atoms with Gasteiger partial charge in [-0.15, -0.1) is 0 Å². The van der Waals surface area contributed by atoms with Gasteiger partial charge in [-0.2, -0.15) is 0 Å². The SMILES string of the molecule is COC(=O)c1ccc(N2CC(CN=[N+]=[N-])CC2=O)cc1F. The van der Waals surface area contributed by atoms with Gasteiger partial charge < -0.3 is 9.64 Å². The third-order valence-corrected chi connectivity index (χ3v) is 3.28. The van der Waals surface area contributed by atoms with E-state index < -0.39 is 11.8 Å². The van der Waals surface area contributed by atoms with Crippen molar-refractivity contribution < 1.29 is 18.7 Å². The van der Waals surface area contributed by atoms with Crippen molar-refractivity contribution in [2.45, 2.75) is 6.42 Å². The Morgan fingerprint density at radius 1 is 1.62 bits per heavy atom. The summed E-state index contributed by atoms with van der Waals surface area (Å²) in [4.78, 5) is 27.3. The van der Waals surface area contributed by atoms with Gasteiger partial charge in [-0.1, -0.05) is 5.11 Å². The topological polar surface area (TPSA) is 95.4 Å². The molecule has 1 atom stereocenters. The zero-order valence-electron chi connectivity index (χ0n) is 11.3. The van der Waals surface area contributed by atoms with Crippen LogP contribution in [0, 0.1) is 11.7 Å². The Balaban J connectivity index is 2.19. The first kappa shape index (κ1) is 14.8. The molecule has 0 saturated carbocycles. The van der Waals surface area contributed by atoms with Crippen molar-refractivity contribution in [3.8, 4) is 0 Å². The fourth-order valence-electron chi connectivity index (χ4n) is 2.25. The average Bonchev–Trinajstić information content (AvgIpc) is 2.85. The minimum atomic E-state index is -0.770. The van der Waals surface area contributed by atoms with Gasteiger partial charge in [0.15, 0.2) is 0 Å². The molecule has 1 saturated heterocycles. The van der Waals surface area contributed by atoms with Crippen LogP contribution in [0.5, 0.6) is 0 Å². The summed E-state index contributed by atoms with van der Waals surface area (Å²) in [6.45, 7) is 0.580. The molecule has 1 aliphatic rings. The van der Waals surface area contributed by atoms with Crippen molar-refractivity contribution in [2.24, 2.45) is 11.0 Å². The van der Waals surface area contributed by atoms with Crippen LogP contribution >= 0.6 is 0 Å². The van der Waals surface area contributed by atoms with Crippen LogP contribution in [0.4, 0.5) is 10.1 Å². The standard InChI is InChI=1S/C13H13FN4O3/c1-21-13(20)10-3-2-9(5-11(10)14)18-7-8(4-12(18)19)6-16-17-15/h2-3,5,8H,4,6-7H2,1H3. The largest absolute Gasteiger partial charge is 0.465 e. The molecule has 110 valence electrons. The Morgan fingerprint density at radius 2 is 2.38 bits per heavy atom. The maximum absolute atomic E-state index is 13.9. The number of carbonyl (C=O) groups excluding carboxylic acids is 2. The molecule has 0 spiro atoms. The normalized spacial score (nSPS) is 17.5. The number of carbonyl (C=O) groups is 2. The number of benzene rings is 1. The number of azide groups is 1. The summed E-state index contributed by atoms with van der Waals surface area (Å²) in [6, 6.07) is 3.90. The summed E-state index contributed by atoms with van der Waals surface area (Å²) in [5.41, 5.74) is 8.47. The Kier molecular flexibility index (Phi) is 4.39. The highest BCUT2D eigenvalue weighted by atomic mass is 19.1. The second kappa shape index (κ2) is 6.23. The molecule has 8 heteroatoms. The van der Waals surface area contributed by atoms with Gasteiger partial charge in [-0.05, 0) is 29.6 Å². The molecule has 1 aromatic rings. The number of anilines is 1. The molecule has 21 heavy (non-hydrogen) atoms. The van der Waals surface area contributed by atoms with Crippen LogP contribution in [0.3, 0.4) is 0 Å². The molecular weight excluding hydrogens is 279 g/mol. The minimum absolute atomic E-state index is 0.0863. The molecular formula is C13H13FN4O3. The third kappa shape index (κ3) is 3.11. The second-order valence-electron chi connectivity index (χ2n) is 4.64. The Morgan fingerprint density at radius 3 is 3.00 bits per heavy atom. The summed E-state index contributed by atoms with van der Waals surface area (Å²) >= 11 is 0. The summed E-state index contributed by atoms with van der Waals surface area (Å²) in [6.07, 6.45) is 0.249. The number of esters is 1. The monoisotopic (exact) mass is 292 g/mol. The zero-order valence-corrected chi connectivity index (χ0v) is 11.3. The smallest absolute Gasteiger partial charge is 0.340 e. The van der Waals surface area contributed by atoms with Gasteiger partial charge in [0.05, 0.1) is 12.7 Å². The van der Waals surface area contributed by atoms with Crippen molar-refractivity contribution >= 4 is 17.6 Å². The maximum Gasteiger partial charge on any atom is 0.340 e. The van der Waals surface area contributed by atoms with Crippen LogP contribution in [0.2, 0.25) is 0 Å². The van der Waals surface area contributed by atoms with E-state index >= 15 is 0 Å². The second-order valence-corrected chi connectivity index (χ2v) is 4.64. The van der Waals surface area contributed by atoms with Gasteiger partial charge in [0, 0.05) is 30.1 Å². The highest BCUT2D eigenvalue weighted by molar-refractivity contribution is 5.96. The molecule has 1 heterocycles. The highest BCUT2D eigenvalue weighted by Gasteiger charge is 2.30. The number of halogens is 1. The molecule has 1 aliphatic heterocycles. The van der Waals surface area contributed by atoms with Crippen molar-refractivity contribution in [1.29, 1.82) is 0 Å². The Hall–Kier alpha value is -2.60. The van der Waals surface area contributed by atoms with Crippen LogP contribution < -0.4 is 4.90 Å². The molecule has 0 aliphatic carbocycles. The van der Waals surface area contributed by atoms with Crippen molar-refractivity contribution in [3.05, 3.63) is 40.0 Å². The van der Waals surface area contributed by atoms with E-state index in [-0.39, 0.29) is 30.4 Å². The van der Waals surface area contributed by atoms with Crippen LogP contribution in [0.25, 0.3) is 10.4 Å². The summed E-state index contributed by atoms with van der Waals surface area (Å²) in [5.74, 6) is -1.77. The van der Waals surface area contributed by atoms with Crippen LogP contribution in [-0.2, 0) is 9.53 Å². The number of methoxy groups -OCH3 is 1. The number of amides is 1. The van der Waals surface area contributed by atoms with Gasteiger partial charge in [0.25, 0.3) is 0 Å². The fourth-order valence-corrected chi connectivity index (χ4v) is 2.25. The first-order valence-corrected chi connectivity index (χ1v) is 6.26. The number of hydrogen-bond donors (Lipinski definition) is 0. The van der Waals surface area contributed by atoms with Crippen molar-refractivity contribution in [3.63, 3.8) is 0 Å². The molecule has 1 unspecified atom stereocenters. The van der Waals surface area contributed by atoms with E-state index in [1.165, 1.54) is 24.1 Å². The van der Waals surface area contributed by atoms with Crippen LogP contribution in [0.1, 0.15) is 16.8 Å². The van der Waals surface area contributed by atoms with Crippen molar-refractivity contribution in [2.75, 3.05) is 25.1 Å². The van der Waals surface area contributed by atoms with Gasteiger partial charge in [0.2, 0.25) is 5.91 Å². The quantitative estimate of drug-likeness (QED) is 0.368. The van der Waals surface area contributed by atoms with Crippen molar-refractivity contribution in [1.82, 2.24) is 0 Å². The number of nitrogens with zero attached hydrogens (tertiary/aromatic N) is 4. The zero-order chi connectivity index (χ0) is 15.4. The Bertz CT molecular complexity index is 628. The molecule has 1 fully saturated rings. The molecule has 1 amide bonds. The predicted molar refractivity (Wildman–Crippen MR) is 72.2 cm³/mol. The number of ether oxygens (including phenoxy) is 1. The van der Waals surface area contributed by atoms with E-state index in [1.807, 2.05) is 0 Å². The molecule has 0 radical (unpaired) electrons. The molecule has 0 N–H and O–H groups in total.